The molecule has 1 fully saturated rings. The van der Waals surface area contributed by atoms with Crippen molar-refractivity contribution < 1.29 is 18.4 Å². The van der Waals surface area contributed by atoms with E-state index in [1.165, 1.54) is 12.1 Å². The van der Waals surface area contributed by atoms with Gasteiger partial charge in [0.1, 0.15) is 23.0 Å². The van der Waals surface area contributed by atoms with Crippen molar-refractivity contribution in [3.63, 3.8) is 0 Å². The van der Waals surface area contributed by atoms with Crippen LogP contribution in [0, 0.1) is 19.7 Å². The number of carbonyl (C=O) groups is 2. The van der Waals surface area contributed by atoms with Gasteiger partial charge >= 0.3 is 0 Å². The van der Waals surface area contributed by atoms with Gasteiger partial charge in [0.05, 0.1) is 5.56 Å². The van der Waals surface area contributed by atoms with E-state index >= 15 is 0 Å². The number of aryl methyl sites for hydroxylation is 2. The van der Waals surface area contributed by atoms with E-state index in [4.69, 9.17) is 4.42 Å². The lowest BCUT2D eigenvalue weighted by molar-refractivity contribution is 0.0958. The standard InChI is InChI=1S/C33H28FN3O3/c1-19-4-5-23(27(38)18-33(13-14-33)32-36-15-12-20(2)37-32)17-25(19)22-8-11-28-26(16-22)29(31(39)35-3)30(40-28)21-6-9-24(34)10-7-21/h4-12,15-17H,13-14,18H2,1-3H3,(H,35,39). The highest BCUT2D eigenvalue weighted by molar-refractivity contribution is 6.12. The topological polar surface area (TPSA) is 85.1 Å². The van der Waals surface area contributed by atoms with Gasteiger partial charge in [0.25, 0.3) is 5.91 Å². The normalized spacial score (nSPS) is 13.8. The monoisotopic (exact) mass is 533 g/mol. The molecule has 0 spiro atoms. The first-order valence-electron chi connectivity index (χ1n) is 13.3. The lowest BCUT2D eigenvalue weighted by Gasteiger charge is -2.14. The molecule has 0 aliphatic heterocycles. The minimum absolute atomic E-state index is 0.0536. The molecule has 1 amide bonds. The molecule has 7 heteroatoms. The number of benzene rings is 3. The average molecular weight is 534 g/mol. The van der Waals surface area contributed by atoms with E-state index in [2.05, 4.69) is 15.3 Å². The van der Waals surface area contributed by atoms with Gasteiger partial charge in [-0.25, -0.2) is 14.4 Å². The van der Waals surface area contributed by atoms with Crippen molar-refractivity contribution in [2.45, 2.75) is 38.5 Å². The summed E-state index contributed by atoms with van der Waals surface area (Å²) in [5, 5.41) is 3.33. The number of nitrogens with one attached hydrogen (secondary N) is 1. The van der Waals surface area contributed by atoms with Crippen LogP contribution in [0.1, 0.15) is 57.1 Å². The number of ketones is 1. The van der Waals surface area contributed by atoms with Gasteiger partial charge in [-0.05, 0) is 91.9 Å². The van der Waals surface area contributed by atoms with Crippen molar-refractivity contribution in [1.82, 2.24) is 15.3 Å². The van der Waals surface area contributed by atoms with Crippen LogP contribution in [0.5, 0.6) is 0 Å². The molecule has 1 saturated carbocycles. The second-order valence-electron chi connectivity index (χ2n) is 10.5. The minimum Gasteiger partial charge on any atom is -0.455 e. The van der Waals surface area contributed by atoms with Crippen LogP contribution in [0.15, 0.2) is 77.3 Å². The summed E-state index contributed by atoms with van der Waals surface area (Å²) in [5.41, 5.74) is 5.53. The molecular formula is C33H28FN3O3. The van der Waals surface area contributed by atoms with E-state index in [1.807, 2.05) is 56.3 Å². The van der Waals surface area contributed by atoms with Crippen molar-refractivity contribution in [1.29, 1.82) is 0 Å². The molecule has 0 saturated heterocycles. The third-order valence-corrected chi connectivity index (χ3v) is 7.74. The van der Waals surface area contributed by atoms with E-state index in [9.17, 15) is 14.0 Å². The molecule has 0 bridgehead atoms. The SMILES string of the molecule is CNC(=O)c1c(-c2ccc(F)cc2)oc2ccc(-c3cc(C(=O)CC4(c5nccc(C)n5)CC4)ccc3C)cc12. The Morgan fingerprint density at radius 1 is 0.975 bits per heavy atom. The second-order valence-corrected chi connectivity index (χ2v) is 10.5. The van der Waals surface area contributed by atoms with E-state index in [0.717, 1.165) is 41.1 Å². The van der Waals surface area contributed by atoms with E-state index in [1.54, 1.807) is 25.4 Å². The average Bonchev–Trinajstić information content (AvgIpc) is 3.64. The lowest BCUT2D eigenvalue weighted by Crippen LogP contribution is -2.18. The zero-order valence-corrected chi connectivity index (χ0v) is 22.5. The van der Waals surface area contributed by atoms with Gasteiger partial charge in [-0.3, -0.25) is 9.59 Å². The maximum atomic E-state index is 13.6. The van der Waals surface area contributed by atoms with E-state index in [0.29, 0.717) is 39.8 Å². The number of halogens is 1. The van der Waals surface area contributed by atoms with Gasteiger partial charge in [-0.1, -0.05) is 18.2 Å². The molecule has 0 unspecified atom stereocenters. The number of aromatic nitrogens is 2. The number of amides is 1. The van der Waals surface area contributed by atoms with Gasteiger partial charge in [0.15, 0.2) is 5.78 Å². The number of rotatable bonds is 7. The van der Waals surface area contributed by atoms with Crippen molar-refractivity contribution in [2.24, 2.45) is 0 Å². The first kappa shape index (κ1) is 25.6. The van der Waals surface area contributed by atoms with Gasteiger partial charge < -0.3 is 9.73 Å². The van der Waals surface area contributed by atoms with Crippen LogP contribution in [0.4, 0.5) is 4.39 Å². The molecule has 0 radical (unpaired) electrons. The van der Waals surface area contributed by atoms with Crippen molar-refractivity contribution >= 4 is 22.7 Å². The highest BCUT2D eigenvalue weighted by Crippen LogP contribution is 2.50. The Balaban J connectivity index is 1.38. The summed E-state index contributed by atoms with van der Waals surface area (Å²) < 4.78 is 19.7. The molecule has 200 valence electrons. The Kier molecular flexibility index (Phi) is 6.29. The summed E-state index contributed by atoms with van der Waals surface area (Å²) in [7, 11) is 1.56. The number of fused-ring (bicyclic) bond motifs is 1. The number of hydrogen-bond acceptors (Lipinski definition) is 5. The molecular weight excluding hydrogens is 505 g/mol. The third kappa shape index (κ3) is 4.57. The van der Waals surface area contributed by atoms with Crippen LogP contribution in [-0.4, -0.2) is 28.7 Å². The van der Waals surface area contributed by atoms with Gasteiger partial charge in [0.2, 0.25) is 0 Å². The molecule has 3 aromatic carbocycles. The first-order chi connectivity index (χ1) is 19.3. The summed E-state index contributed by atoms with van der Waals surface area (Å²) in [6, 6.07) is 19.1. The molecule has 6 nitrogen and oxygen atoms in total. The Morgan fingerprint density at radius 2 is 1.73 bits per heavy atom. The molecule has 0 atom stereocenters. The molecule has 5 aromatic rings. The summed E-state index contributed by atoms with van der Waals surface area (Å²) in [5.74, 6) is 0.506. The minimum atomic E-state index is -0.368. The first-order valence-corrected chi connectivity index (χ1v) is 13.3. The molecule has 2 aromatic heterocycles. The van der Waals surface area contributed by atoms with Gasteiger partial charge in [-0.15, -0.1) is 0 Å². The maximum Gasteiger partial charge on any atom is 0.255 e. The van der Waals surface area contributed by atoms with Crippen LogP contribution < -0.4 is 5.32 Å². The summed E-state index contributed by atoms with van der Waals surface area (Å²) in [6.07, 6.45) is 3.92. The van der Waals surface area contributed by atoms with Crippen LogP contribution in [0.2, 0.25) is 0 Å². The predicted octanol–water partition coefficient (Wildman–Crippen LogP) is 6.98. The Bertz CT molecular complexity index is 1790. The number of carbonyl (C=O) groups excluding carboxylic acids is 2. The Hall–Kier alpha value is -4.65. The zero-order valence-electron chi connectivity index (χ0n) is 22.5. The number of nitrogens with zero attached hydrogens (tertiary/aromatic N) is 2. The number of furan rings is 1. The summed E-state index contributed by atoms with van der Waals surface area (Å²) >= 11 is 0. The van der Waals surface area contributed by atoms with Crippen molar-refractivity contribution in [3.05, 3.63) is 107 Å². The fourth-order valence-corrected chi connectivity index (χ4v) is 5.27. The van der Waals surface area contributed by atoms with Crippen LogP contribution in [0.3, 0.4) is 0 Å². The Labute approximate surface area is 231 Å². The van der Waals surface area contributed by atoms with Crippen LogP contribution >= 0.6 is 0 Å². The third-order valence-electron chi connectivity index (χ3n) is 7.74. The van der Waals surface area contributed by atoms with Gasteiger partial charge in [0, 0.05) is 47.3 Å². The van der Waals surface area contributed by atoms with E-state index < -0.39 is 0 Å². The quantitative estimate of drug-likeness (QED) is 0.228. The summed E-state index contributed by atoms with van der Waals surface area (Å²) in [6.45, 7) is 3.93. The highest BCUT2D eigenvalue weighted by Gasteiger charge is 2.48. The smallest absolute Gasteiger partial charge is 0.255 e. The molecule has 40 heavy (non-hydrogen) atoms. The summed E-state index contributed by atoms with van der Waals surface area (Å²) in [4.78, 5) is 35.5. The van der Waals surface area contributed by atoms with Crippen LogP contribution in [0.25, 0.3) is 33.4 Å². The highest BCUT2D eigenvalue weighted by atomic mass is 19.1. The molecule has 1 aliphatic carbocycles. The largest absolute Gasteiger partial charge is 0.455 e. The fraction of sp³-hybridized carbons (Fsp3) is 0.212. The Morgan fingerprint density at radius 3 is 2.42 bits per heavy atom. The van der Waals surface area contributed by atoms with Crippen molar-refractivity contribution in [2.75, 3.05) is 7.05 Å². The molecule has 1 N–H and O–H groups in total. The second kappa shape index (κ2) is 9.83. The van der Waals surface area contributed by atoms with Gasteiger partial charge in [-0.2, -0.15) is 0 Å². The number of hydrogen-bond donors (Lipinski definition) is 1. The zero-order chi connectivity index (χ0) is 28.0. The molecule has 2 heterocycles. The van der Waals surface area contributed by atoms with E-state index in [-0.39, 0.29) is 22.9 Å². The maximum absolute atomic E-state index is 13.6. The van der Waals surface area contributed by atoms with Crippen LogP contribution in [-0.2, 0) is 5.41 Å². The number of Topliss-reactive ketones (excluding diaryl/α,β-unsaturated/α-hetero) is 1. The molecule has 6 rings (SSSR count). The lowest BCUT2D eigenvalue weighted by atomic mass is 9.91. The molecule has 1 aliphatic rings. The fourth-order valence-electron chi connectivity index (χ4n) is 5.27. The predicted molar refractivity (Wildman–Crippen MR) is 152 cm³/mol. The van der Waals surface area contributed by atoms with Crippen molar-refractivity contribution in [3.8, 4) is 22.5 Å².